The molecular weight excluding hydrogens is 262 g/mol. The smallest absolute Gasteiger partial charge is 0.147 e. The standard InChI is InChI=1S/C17H21N3O/c1-12-18-16(15-10-17(15)8-3-9-17)20(19-12)11-13-4-6-14(21-2)7-5-13/h4-7,15H,3,8-11H2,1-2H3/t15-/m0/s1. The van der Waals surface area contributed by atoms with Crippen LogP contribution in [0, 0.1) is 12.3 Å². The molecule has 110 valence electrons. The van der Waals surface area contributed by atoms with Gasteiger partial charge in [-0.05, 0) is 49.3 Å². The SMILES string of the molecule is COc1ccc(Cn2nc(C)nc2[C@@H]2CC23CCC3)cc1. The topological polar surface area (TPSA) is 39.9 Å². The van der Waals surface area contributed by atoms with Crippen LogP contribution in [0.25, 0.3) is 0 Å². The summed E-state index contributed by atoms with van der Waals surface area (Å²) in [6, 6.07) is 8.21. The molecule has 0 aliphatic heterocycles. The largest absolute Gasteiger partial charge is 0.497 e. The predicted octanol–water partition coefficient (Wildman–Crippen LogP) is 3.30. The molecule has 2 fully saturated rings. The number of aromatic nitrogens is 3. The van der Waals surface area contributed by atoms with Crippen LogP contribution >= 0.6 is 0 Å². The molecule has 4 rings (SSSR count). The quantitative estimate of drug-likeness (QED) is 0.864. The summed E-state index contributed by atoms with van der Waals surface area (Å²) in [4.78, 5) is 4.71. The minimum atomic E-state index is 0.594. The highest BCUT2D eigenvalue weighted by Crippen LogP contribution is 2.69. The lowest BCUT2D eigenvalue weighted by Gasteiger charge is -2.26. The Morgan fingerprint density at radius 2 is 2.05 bits per heavy atom. The lowest BCUT2D eigenvalue weighted by molar-refractivity contribution is 0.273. The van der Waals surface area contributed by atoms with Gasteiger partial charge < -0.3 is 4.74 Å². The van der Waals surface area contributed by atoms with E-state index in [1.54, 1.807) is 7.11 Å². The van der Waals surface area contributed by atoms with E-state index in [4.69, 9.17) is 9.72 Å². The van der Waals surface area contributed by atoms with E-state index in [9.17, 15) is 0 Å². The van der Waals surface area contributed by atoms with Crippen molar-refractivity contribution in [1.82, 2.24) is 14.8 Å². The molecule has 0 N–H and O–H groups in total. The van der Waals surface area contributed by atoms with Crippen LogP contribution in [0.4, 0.5) is 0 Å². The summed E-state index contributed by atoms with van der Waals surface area (Å²) in [5, 5.41) is 4.61. The Kier molecular flexibility index (Phi) is 2.81. The number of rotatable bonds is 4. The lowest BCUT2D eigenvalue weighted by Crippen LogP contribution is -2.16. The third-order valence-electron chi connectivity index (χ3n) is 5.15. The fourth-order valence-corrected chi connectivity index (χ4v) is 3.65. The lowest BCUT2D eigenvalue weighted by atomic mass is 9.79. The Hall–Kier alpha value is -1.84. The van der Waals surface area contributed by atoms with Crippen LogP contribution in [0.3, 0.4) is 0 Å². The maximum absolute atomic E-state index is 5.21. The van der Waals surface area contributed by atoms with E-state index < -0.39 is 0 Å². The molecule has 2 saturated carbocycles. The van der Waals surface area contributed by atoms with E-state index in [1.807, 2.05) is 19.1 Å². The zero-order valence-electron chi connectivity index (χ0n) is 12.7. The summed E-state index contributed by atoms with van der Waals surface area (Å²) < 4.78 is 7.32. The van der Waals surface area contributed by atoms with Crippen molar-refractivity contribution < 1.29 is 4.74 Å². The Balaban J connectivity index is 1.57. The summed E-state index contributed by atoms with van der Waals surface area (Å²) >= 11 is 0. The van der Waals surface area contributed by atoms with Crippen molar-refractivity contribution in [3.05, 3.63) is 41.5 Å². The Labute approximate surface area is 125 Å². The second-order valence-electron chi connectivity index (χ2n) is 6.50. The van der Waals surface area contributed by atoms with E-state index in [1.165, 1.54) is 37.1 Å². The summed E-state index contributed by atoms with van der Waals surface area (Å²) in [6.45, 7) is 2.79. The van der Waals surface area contributed by atoms with Gasteiger partial charge in [-0.3, -0.25) is 0 Å². The maximum Gasteiger partial charge on any atom is 0.147 e. The molecule has 0 saturated heterocycles. The zero-order valence-corrected chi connectivity index (χ0v) is 12.7. The van der Waals surface area contributed by atoms with Crippen LogP contribution in [-0.4, -0.2) is 21.9 Å². The van der Waals surface area contributed by atoms with Crippen LogP contribution in [0.1, 0.15) is 48.8 Å². The van der Waals surface area contributed by atoms with Crippen LogP contribution in [0.5, 0.6) is 5.75 Å². The van der Waals surface area contributed by atoms with Gasteiger partial charge in [-0.1, -0.05) is 18.6 Å². The number of ether oxygens (including phenoxy) is 1. The van der Waals surface area contributed by atoms with Gasteiger partial charge in [0, 0.05) is 5.92 Å². The molecule has 2 aromatic rings. The van der Waals surface area contributed by atoms with Crippen LogP contribution < -0.4 is 4.74 Å². The van der Waals surface area contributed by atoms with E-state index in [-0.39, 0.29) is 0 Å². The number of hydrogen-bond acceptors (Lipinski definition) is 3. The first-order chi connectivity index (χ1) is 10.2. The van der Waals surface area contributed by atoms with Gasteiger partial charge in [0.15, 0.2) is 0 Å². The van der Waals surface area contributed by atoms with Gasteiger partial charge in [-0.25, -0.2) is 9.67 Å². The van der Waals surface area contributed by atoms with Crippen molar-refractivity contribution >= 4 is 0 Å². The highest BCUT2D eigenvalue weighted by Gasteiger charge is 2.59. The summed E-state index contributed by atoms with van der Waals surface area (Å²) in [7, 11) is 1.69. The monoisotopic (exact) mass is 283 g/mol. The van der Waals surface area contributed by atoms with Crippen LogP contribution in [-0.2, 0) is 6.54 Å². The summed E-state index contributed by atoms with van der Waals surface area (Å²) in [5.74, 6) is 3.62. The number of methoxy groups -OCH3 is 1. The first kappa shape index (κ1) is 12.9. The van der Waals surface area contributed by atoms with Gasteiger partial charge in [0.25, 0.3) is 0 Å². The molecule has 0 amide bonds. The van der Waals surface area contributed by atoms with E-state index in [0.29, 0.717) is 11.3 Å². The number of aryl methyl sites for hydroxylation is 1. The first-order valence-corrected chi connectivity index (χ1v) is 7.74. The van der Waals surface area contributed by atoms with Gasteiger partial charge in [0.1, 0.15) is 17.4 Å². The van der Waals surface area contributed by atoms with Gasteiger partial charge in [0.05, 0.1) is 13.7 Å². The summed E-state index contributed by atoms with van der Waals surface area (Å²) in [6.07, 6.45) is 5.47. The molecule has 1 heterocycles. The van der Waals surface area contributed by atoms with E-state index in [0.717, 1.165) is 18.1 Å². The molecule has 2 aliphatic rings. The minimum Gasteiger partial charge on any atom is -0.497 e. The molecule has 0 bridgehead atoms. The third kappa shape index (κ3) is 2.13. The normalized spacial score (nSPS) is 22.1. The molecule has 2 aliphatic carbocycles. The van der Waals surface area contributed by atoms with E-state index >= 15 is 0 Å². The summed E-state index contributed by atoms with van der Waals surface area (Å²) in [5.41, 5.74) is 1.84. The Morgan fingerprint density at radius 3 is 2.62 bits per heavy atom. The second kappa shape index (κ2) is 4.58. The molecule has 1 aromatic heterocycles. The second-order valence-corrected chi connectivity index (χ2v) is 6.50. The van der Waals surface area contributed by atoms with Gasteiger partial charge >= 0.3 is 0 Å². The third-order valence-corrected chi connectivity index (χ3v) is 5.15. The van der Waals surface area contributed by atoms with E-state index in [2.05, 4.69) is 21.9 Å². The first-order valence-electron chi connectivity index (χ1n) is 7.74. The Morgan fingerprint density at radius 1 is 1.29 bits per heavy atom. The number of benzene rings is 1. The van der Waals surface area contributed by atoms with Crippen molar-refractivity contribution in [3.8, 4) is 5.75 Å². The van der Waals surface area contributed by atoms with Gasteiger partial charge in [-0.15, -0.1) is 0 Å². The average molecular weight is 283 g/mol. The highest BCUT2D eigenvalue weighted by molar-refractivity contribution is 5.28. The zero-order chi connectivity index (χ0) is 14.4. The van der Waals surface area contributed by atoms with Gasteiger partial charge in [-0.2, -0.15) is 5.10 Å². The molecule has 1 spiro atoms. The number of nitrogens with zero attached hydrogens (tertiary/aromatic N) is 3. The molecule has 4 heteroatoms. The van der Waals surface area contributed by atoms with Crippen molar-refractivity contribution in [2.24, 2.45) is 5.41 Å². The highest BCUT2D eigenvalue weighted by atomic mass is 16.5. The Bertz CT molecular complexity index is 655. The fraction of sp³-hybridized carbons (Fsp3) is 0.529. The average Bonchev–Trinajstić information content (AvgIpc) is 3.12. The van der Waals surface area contributed by atoms with Crippen LogP contribution in [0.2, 0.25) is 0 Å². The maximum atomic E-state index is 5.21. The van der Waals surface area contributed by atoms with Crippen LogP contribution in [0.15, 0.2) is 24.3 Å². The molecule has 4 nitrogen and oxygen atoms in total. The van der Waals surface area contributed by atoms with Crippen molar-refractivity contribution in [2.75, 3.05) is 7.11 Å². The van der Waals surface area contributed by atoms with Gasteiger partial charge in [0.2, 0.25) is 0 Å². The molecular formula is C17H21N3O. The molecule has 21 heavy (non-hydrogen) atoms. The fourth-order valence-electron chi connectivity index (χ4n) is 3.65. The van der Waals surface area contributed by atoms with Crippen molar-refractivity contribution in [1.29, 1.82) is 0 Å². The molecule has 1 atom stereocenters. The molecule has 0 radical (unpaired) electrons. The number of hydrogen-bond donors (Lipinski definition) is 0. The molecule has 0 unspecified atom stereocenters. The van der Waals surface area contributed by atoms with Crippen molar-refractivity contribution in [3.63, 3.8) is 0 Å². The van der Waals surface area contributed by atoms with Crippen molar-refractivity contribution in [2.45, 2.75) is 45.1 Å². The molecule has 1 aromatic carbocycles. The predicted molar refractivity (Wildman–Crippen MR) is 80.5 cm³/mol. The minimum absolute atomic E-state index is 0.594.